The second-order valence-corrected chi connectivity index (χ2v) is 2.23. The van der Waals surface area contributed by atoms with Crippen molar-refractivity contribution in [3.63, 3.8) is 0 Å². The molecule has 0 bridgehead atoms. The highest BCUT2D eigenvalue weighted by Crippen LogP contribution is 2.01. The molecule has 0 aromatic rings. The predicted octanol–water partition coefficient (Wildman–Crippen LogP) is 3.16. The van der Waals surface area contributed by atoms with Gasteiger partial charge in [-0.15, -0.1) is 0 Å². The van der Waals surface area contributed by atoms with Gasteiger partial charge in [0.05, 0.1) is 1.37 Å². The molecule has 0 nitrogen and oxygen atoms in total. The normalized spacial score (nSPS) is 18.1. The van der Waals surface area contributed by atoms with E-state index >= 15 is 0 Å². The minimum Gasteiger partial charge on any atom is -0.0877 e. The largest absolute Gasteiger partial charge is 0.0877 e. The minimum atomic E-state index is 0.611. The van der Waals surface area contributed by atoms with Gasteiger partial charge in [0.15, 0.2) is 0 Å². The molecule has 0 aromatic heterocycles. The van der Waals surface area contributed by atoms with Gasteiger partial charge in [-0.25, -0.2) is 0 Å². The molecule has 0 aliphatic heterocycles. The summed E-state index contributed by atoms with van der Waals surface area (Å²) in [5.41, 5.74) is 0. The first-order chi connectivity index (χ1) is 4.66. The van der Waals surface area contributed by atoms with Crippen LogP contribution in [0, 0.1) is 5.92 Å². The second kappa shape index (κ2) is 5.61. The Morgan fingerprint density at radius 1 is 1.56 bits per heavy atom. The molecule has 9 heavy (non-hydrogen) atoms. The number of rotatable bonds is 3. The van der Waals surface area contributed by atoms with Gasteiger partial charge in [-0.05, 0) is 12.8 Å². The average Bonchev–Trinajstić information content (AvgIpc) is 1.87. The molecule has 0 heteroatoms. The molecular formula is C9H16. The summed E-state index contributed by atoms with van der Waals surface area (Å²) in [5.74, 6) is 0.635. The second-order valence-electron chi connectivity index (χ2n) is 2.23. The van der Waals surface area contributed by atoms with Crippen LogP contribution in [0.5, 0.6) is 0 Å². The Balaban J connectivity index is 3.66. The van der Waals surface area contributed by atoms with Crippen molar-refractivity contribution in [3.05, 3.63) is 24.3 Å². The van der Waals surface area contributed by atoms with Gasteiger partial charge >= 0.3 is 0 Å². The topological polar surface area (TPSA) is 0 Å². The molecule has 0 N–H and O–H groups in total. The lowest BCUT2D eigenvalue weighted by atomic mass is 10.1. The van der Waals surface area contributed by atoms with E-state index in [2.05, 4.69) is 19.9 Å². The Morgan fingerprint density at radius 2 is 2.22 bits per heavy atom. The zero-order valence-electron chi connectivity index (χ0n) is 7.52. The third kappa shape index (κ3) is 5.35. The molecule has 0 aliphatic rings. The zero-order chi connectivity index (χ0) is 7.98. The van der Waals surface area contributed by atoms with Gasteiger partial charge in [0, 0.05) is 0 Å². The number of hydrogen-bond donors (Lipinski definition) is 0. The van der Waals surface area contributed by atoms with Crippen LogP contribution in [-0.4, -0.2) is 0 Å². The van der Waals surface area contributed by atoms with Gasteiger partial charge in [-0.1, -0.05) is 44.5 Å². The summed E-state index contributed by atoms with van der Waals surface area (Å²) >= 11 is 0. The van der Waals surface area contributed by atoms with E-state index < -0.39 is 0 Å². The molecule has 0 unspecified atom stereocenters. The molecule has 0 amide bonds. The van der Waals surface area contributed by atoms with E-state index in [0.29, 0.717) is 12.0 Å². The third-order valence-electron chi connectivity index (χ3n) is 1.35. The molecule has 0 saturated heterocycles. The summed E-state index contributed by atoms with van der Waals surface area (Å²) in [7, 11) is 0. The van der Waals surface area contributed by atoms with Crippen molar-refractivity contribution in [3.8, 4) is 0 Å². The van der Waals surface area contributed by atoms with Crippen LogP contribution in [0.25, 0.3) is 0 Å². The summed E-state index contributed by atoms with van der Waals surface area (Å²) < 4.78 is 7.09. The molecule has 52 valence electrons. The Labute approximate surface area is 59.7 Å². The maximum atomic E-state index is 7.09. The third-order valence-corrected chi connectivity index (χ3v) is 1.35. The van der Waals surface area contributed by atoms with E-state index in [-0.39, 0.29) is 0 Å². The minimum absolute atomic E-state index is 0.611. The van der Waals surface area contributed by atoms with Crippen LogP contribution in [0.4, 0.5) is 0 Å². The molecule has 0 radical (unpaired) electrons. The highest BCUT2D eigenvalue weighted by atomic mass is 13.9. The Hall–Kier alpha value is -0.520. The van der Waals surface area contributed by atoms with Crippen molar-refractivity contribution < 1.29 is 1.37 Å². The molecule has 0 spiro atoms. The standard InChI is InChI=1S/C9H16/c1-4-6-7-8-9(3)5-2/h4,6-9H,5H2,1-3H3/b6-4+,8-7?/t9-/m0/s1/i4D. The SMILES string of the molecule is [2H]/C(C)=C\C=C[C@@H](C)CC. The van der Waals surface area contributed by atoms with E-state index in [1.807, 2.05) is 12.2 Å². The molecule has 1 atom stereocenters. The van der Waals surface area contributed by atoms with Crippen molar-refractivity contribution in [2.75, 3.05) is 0 Å². The number of allylic oxidation sites excluding steroid dienone is 4. The molecule has 0 fully saturated rings. The van der Waals surface area contributed by atoms with Crippen LogP contribution in [0.2, 0.25) is 0 Å². The Kier molecular flexibility index (Phi) is 4.12. The molecule has 0 rings (SSSR count). The highest BCUT2D eigenvalue weighted by Gasteiger charge is 1.86. The van der Waals surface area contributed by atoms with Gasteiger partial charge in [0.25, 0.3) is 0 Å². The van der Waals surface area contributed by atoms with Gasteiger partial charge in [-0.2, -0.15) is 0 Å². The van der Waals surface area contributed by atoms with Crippen molar-refractivity contribution in [1.82, 2.24) is 0 Å². The van der Waals surface area contributed by atoms with Crippen molar-refractivity contribution in [2.24, 2.45) is 5.92 Å². The lowest BCUT2D eigenvalue weighted by molar-refractivity contribution is 0.698. The fourth-order valence-corrected chi connectivity index (χ4v) is 0.478. The van der Waals surface area contributed by atoms with Crippen LogP contribution in [0.3, 0.4) is 0 Å². The lowest BCUT2D eigenvalue weighted by Gasteiger charge is -1.96. The predicted molar refractivity (Wildman–Crippen MR) is 43.4 cm³/mol. The smallest absolute Gasteiger partial charge is 0.0573 e. The van der Waals surface area contributed by atoms with Gasteiger partial charge < -0.3 is 0 Å². The first-order valence-electron chi connectivity index (χ1n) is 3.98. The van der Waals surface area contributed by atoms with E-state index in [1.54, 1.807) is 6.92 Å². The summed E-state index contributed by atoms with van der Waals surface area (Å²) in [6.07, 6.45) is 7.06. The van der Waals surface area contributed by atoms with E-state index in [1.165, 1.54) is 6.42 Å². The molecular weight excluding hydrogens is 108 g/mol. The number of hydrogen-bond acceptors (Lipinski definition) is 0. The lowest BCUT2D eigenvalue weighted by Crippen LogP contribution is -1.82. The average molecular weight is 125 g/mol. The van der Waals surface area contributed by atoms with Gasteiger partial charge in [0.1, 0.15) is 0 Å². The van der Waals surface area contributed by atoms with Gasteiger partial charge in [0.2, 0.25) is 0 Å². The van der Waals surface area contributed by atoms with E-state index in [9.17, 15) is 0 Å². The summed E-state index contributed by atoms with van der Waals surface area (Å²) in [6, 6.07) is 0.611. The fraction of sp³-hybridized carbons (Fsp3) is 0.556. The van der Waals surface area contributed by atoms with Crippen molar-refractivity contribution in [2.45, 2.75) is 27.2 Å². The first kappa shape index (κ1) is 6.60. The Morgan fingerprint density at radius 3 is 2.67 bits per heavy atom. The Bertz CT molecular complexity index is 130. The fourth-order valence-electron chi connectivity index (χ4n) is 0.478. The van der Waals surface area contributed by atoms with Crippen molar-refractivity contribution in [1.29, 1.82) is 0 Å². The quantitative estimate of drug-likeness (QED) is 0.508. The summed E-state index contributed by atoms with van der Waals surface area (Å²) in [5, 5.41) is 0. The molecule has 0 aromatic carbocycles. The van der Waals surface area contributed by atoms with Crippen LogP contribution < -0.4 is 0 Å². The van der Waals surface area contributed by atoms with E-state index in [4.69, 9.17) is 1.37 Å². The molecule has 0 aliphatic carbocycles. The summed E-state index contributed by atoms with van der Waals surface area (Å²) in [4.78, 5) is 0. The maximum Gasteiger partial charge on any atom is 0.0573 e. The van der Waals surface area contributed by atoms with Crippen LogP contribution in [0.1, 0.15) is 28.6 Å². The van der Waals surface area contributed by atoms with Crippen molar-refractivity contribution >= 4 is 0 Å². The van der Waals surface area contributed by atoms with Gasteiger partial charge in [-0.3, -0.25) is 0 Å². The monoisotopic (exact) mass is 125 g/mol. The van der Waals surface area contributed by atoms with Crippen LogP contribution >= 0.6 is 0 Å². The van der Waals surface area contributed by atoms with Crippen LogP contribution in [0.15, 0.2) is 24.3 Å². The first-order valence-corrected chi connectivity index (χ1v) is 3.48. The van der Waals surface area contributed by atoms with Crippen LogP contribution in [-0.2, 0) is 0 Å². The highest BCUT2D eigenvalue weighted by molar-refractivity contribution is 5.02. The summed E-state index contributed by atoms with van der Waals surface area (Å²) in [6.45, 7) is 6.11. The zero-order valence-corrected chi connectivity index (χ0v) is 6.52. The maximum absolute atomic E-state index is 7.09. The molecule has 0 saturated carbocycles. The molecule has 0 heterocycles. The van der Waals surface area contributed by atoms with E-state index in [0.717, 1.165) is 0 Å².